The van der Waals surface area contributed by atoms with Crippen molar-refractivity contribution in [2.75, 3.05) is 7.05 Å². The molecule has 1 unspecified atom stereocenters. The number of pyridine rings is 1. The minimum Gasteiger partial charge on any atom is -0.359 e. The fourth-order valence-electron chi connectivity index (χ4n) is 2.20. The summed E-state index contributed by atoms with van der Waals surface area (Å²) in [5.74, 6) is 0.0257. The number of aromatic nitrogens is 1. The SMILES string of the molecule is CNC(=O)C1C=CC(c2cnc(C)cc2C)=CC1. The molecule has 3 nitrogen and oxygen atoms in total. The van der Waals surface area contributed by atoms with Gasteiger partial charge in [0.05, 0.1) is 5.92 Å². The van der Waals surface area contributed by atoms with Crippen LogP contribution in [0.15, 0.2) is 30.5 Å². The number of carbonyl (C=O) groups excluding carboxylic acids is 1. The van der Waals surface area contributed by atoms with Gasteiger partial charge in [0.1, 0.15) is 0 Å². The molecule has 1 heterocycles. The van der Waals surface area contributed by atoms with Crippen LogP contribution < -0.4 is 5.32 Å². The van der Waals surface area contributed by atoms with Gasteiger partial charge in [-0.2, -0.15) is 0 Å². The normalized spacial score (nSPS) is 18.4. The molecule has 1 aromatic rings. The lowest BCUT2D eigenvalue weighted by atomic mass is 9.91. The summed E-state index contributed by atoms with van der Waals surface area (Å²) >= 11 is 0. The van der Waals surface area contributed by atoms with Crippen LogP contribution in [0.1, 0.15) is 23.2 Å². The molecule has 0 radical (unpaired) electrons. The second kappa shape index (κ2) is 5.17. The summed E-state index contributed by atoms with van der Waals surface area (Å²) in [5.41, 5.74) is 4.55. The number of hydrogen-bond donors (Lipinski definition) is 1. The number of hydrogen-bond acceptors (Lipinski definition) is 2. The largest absolute Gasteiger partial charge is 0.359 e. The average molecular weight is 242 g/mol. The summed E-state index contributed by atoms with van der Waals surface area (Å²) in [4.78, 5) is 15.8. The zero-order valence-corrected chi connectivity index (χ0v) is 11.0. The zero-order valence-electron chi connectivity index (χ0n) is 11.0. The number of aryl methyl sites for hydroxylation is 2. The molecule has 0 fully saturated rings. The first kappa shape index (κ1) is 12.6. The van der Waals surface area contributed by atoms with Crippen molar-refractivity contribution in [2.45, 2.75) is 20.3 Å². The molecule has 1 amide bonds. The third-order valence-electron chi connectivity index (χ3n) is 3.24. The summed E-state index contributed by atoms with van der Waals surface area (Å²) in [7, 11) is 1.67. The molecule has 0 bridgehead atoms. The molecule has 3 heteroatoms. The number of rotatable bonds is 2. The van der Waals surface area contributed by atoms with E-state index in [9.17, 15) is 4.79 Å². The van der Waals surface area contributed by atoms with Gasteiger partial charge < -0.3 is 5.32 Å². The van der Waals surface area contributed by atoms with E-state index in [0.717, 1.165) is 23.3 Å². The van der Waals surface area contributed by atoms with Crippen LogP contribution in [0.4, 0.5) is 0 Å². The van der Waals surface area contributed by atoms with Gasteiger partial charge in [0.15, 0.2) is 0 Å². The first-order chi connectivity index (χ1) is 8.61. The monoisotopic (exact) mass is 242 g/mol. The lowest BCUT2D eigenvalue weighted by Gasteiger charge is -2.16. The number of amides is 1. The standard InChI is InChI=1S/C15H18N2O/c1-10-8-11(2)17-9-14(10)12-4-6-13(7-5-12)15(18)16-3/h4-6,8-9,13H,7H2,1-3H3,(H,16,18). The topological polar surface area (TPSA) is 42.0 Å². The molecule has 18 heavy (non-hydrogen) atoms. The molecule has 2 rings (SSSR count). The van der Waals surface area contributed by atoms with E-state index in [1.54, 1.807) is 7.05 Å². The van der Waals surface area contributed by atoms with Crippen molar-refractivity contribution in [3.05, 3.63) is 47.3 Å². The van der Waals surface area contributed by atoms with Crippen molar-refractivity contribution in [1.82, 2.24) is 10.3 Å². The van der Waals surface area contributed by atoms with Crippen LogP contribution in [0, 0.1) is 19.8 Å². The van der Waals surface area contributed by atoms with Crippen LogP contribution in [0.25, 0.3) is 5.57 Å². The van der Waals surface area contributed by atoms with Gasteiger partial charge in [-0.3, -0.25) is 9.78 Å². The van der Waals surface area contributed by atoms with E-state index in [2.05, 4.69) is 29.4 Å². The molecule has 0 saturated carbocycles. The molecule has 1 atom stereocenters. The second-order valence-corrected chi connectivity index (χ2v) is 4.62. The molecule has 0 spiro atoms. The van der Waals surface area contributed by atoms with Gasteiger partial charge in [-0.25, -0.2) is 0 Å². The molecule has 0 aromatic carbocycles. The predicted octanol–water partition coefficient (Wildman–Crippen LogP) is 2.40. The average Bonchev–Trinajstić information content (AvgIpc) is 2.38. The van der Waals surface area contributed by atoms with E-state index in [1.807, 2.05) is 25.3 Å². The summed E-state index contributed by atoms with van der Waals surface area (Å²) in [6.45, 7) is 4.08. The second-order valence-electron chi connectivity index (χ2n) is 4.62. The Bertz CT molecular complexity index is 529. The Kier molecular flexibility index (Phi) is 3.60. The van der Waals surface area contributed by atoms with Gasteiger partial charge in [-0.05, 0) is 37.5 Å². The molecule has 0 aliphatic heterocycles. The third-order valence-corrected chi connectivity index (χ3v) is 3.24. The maximum absolute atomic E-state index is 11.5. The molecular weight excluding hydrogens is 224 g/mol. The maximum atomic E-state index is 11.5. The first-order valence-corrected chi connectivity index (χ1v) is 6.15. The Hall–Kier alpha value is -1.90. The van der Waals surface area contributed by atoms with Gasteiger partial charge in [0, 0.05) is 24.5 Å². The molecule has 0 saturated heterocycles. The lowest BCUT2D eigenvalue weighted by Crippen LogP contribution is -2.26. The highest BCUT2D eigenvalue weighted by molar-refractivity contribution is 5.84. The van der Waals surface area contributed by atoms with E-state index in [0.29, 0.717) is 0 Å². The summed E-state index contributed by atoms with van der Waals surface area (Å²) in [6, 6.07) is 2.08. The van der Waals surface area contributed by atoms with E-state index in [4.69, 9.17) is 0 Å². The highest BCUT2D eigenvalue weighted by atomic mass is 16.1. The van der Waals surface area contributed by atoms with Crippen molar-refractivity contribution in [3.8, 4) is 0 Å². The zero-order chi connectivity index (χ0) is 13.1. The van der Waals surface area contributed by atoms with Crippen LogP contribution in [0.3, 0.4) is 0 Å². The Labute approximate surface area is 108 Å². The Morgan fingerprint density at radius 3 is 2.78 bits per heavy atom. The fourth-order valence-corrected chi connectivity index (χ4v) is 2.20. The van der Waals surface area contributed by atoms with Gasteiger partial charge >= 0.3 is 0 Å². The highest BCUT2D eigenvalue weighted by Crippen LogP contribution is 2.26. The minimum atomic E-state index is -0.0440. The Balaban J connectivity index is 2.20. The van der Waals surface area contributed by atoms with Crippen LogP contribution in [0.5, 0.6) is 0 Å². The van der Waals surface area contributed by atoms with Crippen LogP contribution >= 0.6 is 0 Å². The van der Waals surface area contributed by atoms with Crippen LogP contribution in [0.2, 0.25) is 0 Å². The van der Waals surface area contributed by atoms with Gasteiger partial charge in [0.25, 0.3) is 0 Å². The highest BCUT2D eigenvalue weighted by Gasteiger charge is 2.16. The van der Waals surface area contributed by atoms with Crippen molar-refractivity contribution in [3.63, 3.8) is 0 Å². The van der Waals surface area contributed by atoms with Gasteiger partial charge in [-0.1, -0.05) is 18.2 Å². The van der Waals surface area contributed by atoms with E-state index in [1.165, 1.54) is 5.56 Å². The quantitative estimate of drug-likeness (QED) is 0.865. The summed E-state index contributed by atoms with van der Waals surface area (Å²) in [6.07, 6.45) is 8.75. The van der Waals surface area contributed by atoms with Crippen molar-refractivity contribution < 1.29 is 4.79 Å². The fraction of sp³-hybridized carbons (Fsp3) is 0.333. The predicted molar refractivity (Wildman–Crippen MR) is 73.0 cm³/mol. The molecule has 94 valence electrons. The van der Waals surface area contributed by atoms with Crippen LogP contribution in [-0.2, 0) is 4.79 Å². The van der Waals surface area contributed by atoms with Crippen LogP contribution in [-0.4, -0.2) is 17.9 Å². The number of allylic oxidation sites excluding steroid dienone is 3. The molecule has 1 aromatic heterocycles. The Morgan fingerprint density at radius 1 is 1.44 bits per heavy atom. The molecular formula is C15H18N2O. The lowest BCUT2D eigenvalue weighted by molar-refractivity contribution is -0.123. The van der Waals surface area contributed by atoms with Crippen molar-refractivity contribution >= 4 is 11.5 Å². The third kappa shape index (κ3) is 2.50. The van der Waals surface area contributed by atoms with Gasteiger partial charge in [0.2, 0.25) is 5.91 Å². The molecule has 1 aliphatic rings. The summed E-state index contributed by atoms with van der Waals surface area (Å²) < 4.78 is 0. The smallest absolute Gasteiger partial charge is 0.226 e. The Morgan fingerprint density at radius 2 is 2.22 bits per heavy atom. The van der Waals surface area contributed by atoms with Crippen molar-refractivity contribution in [2.24, 2.45) is 5.92 Å². The number of nitrogens with one attached hydrogen (secondary N) is 1. The number of carbonyl (C=O) groups is 1. The van der Waals surface area contributed by atoms with Crippen molar-refractivity contribution in [1.29, 1.82) is 0 Å². The summed E-state index contributed by atoms with van der Waals surface area (Å²) in [5, 5.41) is 2.68. The maximum Gasteiger partial charge on any atom is 0.226 e. The molecule has 1 aliphatic carbocycles. The van der Waals surface area contributed by atoms with E-state index >= 15 is 0 Å². The van der Waals surface area contributed by atoms with E-state index in [-0.39, 0.29) is 11.8 Å². The first-order valence-electron chi connectivity index (χ1n) is 6.15. The molecule has 1 N–H and O–H groups in total. The minimum absolute atomic E-state index is 0.0440. The van der Waals surface area contributed by atoms with E-state index < -0.39 is 0 Å². The number of nitrogens with zero attached hydrogens (tertiary/aromatic N) is 1. The van der Waals surface area contributed by atoms with Gasteiger partial charge in [-0.15, -0.1) is 0 Å².